The SMILES string of the molecule is C1CCC([CH2][Sn]([CH2]C2CCCCC2)[CH2]C2CCCCC2)CC1.CC(=O)O. The topological polar surface area (TPSA) is 37.3 Å². The molecule has 3 saturated carbocycles. The quantitative estimate of drug-likeness (QED) is 0.414. The normalized spacial score (nSPS) is 23.5. The average Bonchev–Trinajstić information content (AvgIpc) is 2.64. The molecule has 0 bridgehead atoms. The molecular formula is C23H43O2Sn. The molecule has 0 heterocycles. The van der Waals surface area contributed by atoms with Gasteiger partial charge in [0, 0.05) is 6.92 Å². The Labute approximate surface area is 169 Å². The summed E-state index contributed by atoms with van der Waals surface area (Å²) in [6, 6.07) is 0. The first-order valence-corrected chi connectivity index (χ1v) is 17.7. The second-order valence-electron chi connectivity index (χ2n) is 9.39. The molecule has 0 aliphatic heterocycles. The first-order valence-electron chi connectivity index (χ1n) is 11.7. The second-order valence-corrected chi connectivity index (χ2v) is 17.2. The zero-order chi connectivity index (χ0) is 18.6. The van der Waals surface area contributed by atoms with E-state index in [1.165, 1.54) is 17.8 Å². The molecule has 1 N–H and O–H groups in total. The van der Waals surface area contributed by atoms with Gasteiger partial charge in [0.1, 0.15) is 0 Å². The van der Waals surface area contributed by atoms with Gasteiger partial charge >= 0.3 is 147 Å². The Morgan fingerprint density at radius 2 is 0.885 bits per heavy atom. The Hall–Kier alpha value is 0.269. The van der Waals surface area contributed by atoms with Crippen molar-refractivity contribution in [2.75, 3.05) is 0 Å². The van der Waals surface area contributed by atoms with E-state index >= 15 is 0 Å². The molecule has 3 rings (SSSR count). The van der Waals surface area contributed by atoms with Gasteiger partial charge in [-0.2, -0.15) is 0 Å². The van der Waals surface area contributed by atoms with Gasteiger partial charge in [-0.05, 0) is 0 Å². The van der Waals surface area contributed by atoms with Gasteiger partial charge in [0.15, 0.2) is 0 Å². The molecule has 3 fully saturated rings. The van der Waals surface area contributed by atoms with Crippen LogP contribution in [-0.2, 0) is 4.79 Å². The van der Waals surface area contributed by atoms with E-state index in [1.54, 1.807) is 110 Å². The van der Waals surface area contributed by atoms with Crippen LogP contribution in [0.5, 0.6) is 0 Å². The molecule has 151 valence electrons. The maximum Gasteiger partial charge on any atom is 0.300 e. The summed E-state index contributed by atoms with van der Waals surface area (Å²) in [4.78, 5) is 9.00. The van der Waals surface area contributed by atoms with Crippen LogP contribution in [0.4, 0.5) is 0 Å². The van der Waals surface area contributed by atoms with Gasteiger partial charge in [0.2, 0.25) is 0 Å². The van der Waals surface area contributed by atoms with Crippen molar-refractivity contribution in [1.29, 1.82) is 0 Å². The summed E-state index contributed by atoms with van der Waals surface area (Å²) in [5.41, 5.74) is 0. The molecule has 0 aromatic heterocycles. The van der Waals surface area contributed by atoms with Crippen molar-refractivity contribution >= 4 is 25.7 Å². The van der Waals surface area contributed by atoms with E-state index in [-0.39, 0.29) is 0 Å². The van der Waals surface area contributed by atoms with Crippen LogP contribution in [0.25, 0.3) is 0 Å². The number of carboxylic acids is 1. The minimum absolute atomic E-state index is 0.833. The average molecular weight is 470 g/mol. The summed E-state index contributed by atoms with van der Waals surface area (Å²) < 4.78 is 5.40. The Bertz CT molecular complexity index is 315. The van der Waals surface area contributed by atoms with Crippen LogP contribution < -0.4 is 0 Å². The predicted molar refractivity (Wildman–Crippen MR) is 113 cm³/mol. The van der Waals surface area contributed by atoms with Crippen LogP contribution in [-0.4, -0.2) is 30.8 Å². The monoisotopic (exact) mass is 471 g/mol. The van der Waals surface area contributed by atoms with E-state index in [1.807, 2.05) is 0 Å². The largest absolute Gasteiger partial charge is 0.481 e. The third kappa shape index (κ3) is 9.99. The summed E-state index contributed by atoms with van der Waals surface area (Å²) in [7, 11) is 0. The maximum atomic E-state index is 9.00. The van der Waals surface area contributed by atoms with E-state index in [9.17, 15) is 0 Å². The predicted octanol–water partition coefficient (Wildman–Crippen LogP) is 7.31. The van der Waals surface area contributed by atoms with Crippen molar-refractivity contribution in [2.45, 2.75) is 117 Å². The van der Waals surface area contributed by atoms with Crippen LogP contribution in [0, 0.1) is 17.8 Å². The first-order chi connectivity index (χ1) is 12.6. The fourth-order valence-corrected chi connectivity index (χ4v) is 17.6. The number of hydrogen-bond acceptors (Lipinski definition) is 1. The molecular weight excluding hydrogens is 427 g/mol. The Balaban J connectivity index is 0.000000552. The minimum Gasteiger partial charge on any atom is -0.481 e. The molecule has 0 unspecified atom stereocenters. The zero-order valence-electron chi connectivity index (χ0n) is 17.3. The molecule has 3 aliphatic carbocycles. The zero-order valence-corrected chi connectivity index (χ0v) is 20.2. The fourth-order valence-electron chi connectivity index (χ4n) is 5.65. The standard InChI is InChI=1S/3C7H13.C2H4O2.Sn/c3*1-7-5-3-2-4-6-7;1-2(3)4;/h3*7H,1-6H2;1H3,(H,3,4);. The smallest absolute Gasteiger partial charge is 0.300 e. The van der Waals surface area contributed by atoms with Gasteiger partial charge in [-0.15, -0.1) is 0 Å². The molecule has 0 aromatic rings. The Morgan fingerprint density at radius 3 is 1.12 bits per heavy atom. The number of aliphatic carboxylic acids is 1. The molecule has 2 nitrogen and oxygen atoms in total. The van der Waals surface area contributed by atoms with Crippen LogP contribution in [0.15, 0.2) is 0 Å². The molecule has 26 heavy (non-hydrogen) atoms. The molecule has 0 spiro atoms. The van der Waals surface area contributed by atoms with Crippen molar-refractivity contribution in [1.82, 2.24) is 0 Å². The van der Waals surface area contributed by atoms with Crippen LogP contribution >= 0.6 is 0 Å². The van der Waals surface area contributed by atoms with E-state index in [4.69, 9.17) is 9.90 Å². The summed E-state index contributed by atoms with van der Waals surface area (Å²) in [6.07, 6.45) is 23.7. The molecule has 0 aromatic carbocycles. The third-order valence-electron chi connectivity index (χ3n) is 6.91. The first kappa shape index (κ1) is 22.6. The van der Waals surface area contributed by atoms with Gasteiger partial charge in [-0.1, -0.05) is 0 Å². The Kier molecular flexibility index (Phi) is 11.7. The summed E-state index contributed by atoms with van der Waals surface area (Å²) in [6.45, 7) is 1.08. The van der Waals surface area contributed by atoms with Gasteiger partial charge < -0.3 is 5.11 Å². The minimum atomic E-state index is -1.10. The van der Waals surface area contributed by atoms with E-state index in [0.29, 0.717) is 0 Å². The fraction of sp³-hybridized carbons (Fsp3) is 0.957. The van der Waals surface area contributed by atoms with Crippen molar-refractivity contribution < 1.29 is 9.90 Å². The molecule has 0 amide bonds. The molecule has 0 saturated heterocycles. The molecule has 3 aliphatic rings. The summed E-state index contributed by atoms with van der Waals surface area (Å²) >= 11 is -1.10. The van der Waals surface area contributed by atoms with E-state index < -0.39 is 25.7 Å². The van der Waals surface area contributed by atoms with Gasteiger partial charge in [0.25, 0.3) is 5.97 Å². The van der Waals surface area contributed by atoms with E-state index in [0.717, 1.165) is 6.92 Å². The van der Waals surface area contributed by atoms with Crippen LogP contribution in [0.2, 0.25) is 13.3 Å². The van der Waals surface area contributed by atoms with Crippen molar-refractivity contribution in [3.05, 3.63) is 0 Å². The molecule has 1 radical (unpaired) electrons. The van der Waals surface area contributed by atoms with Gasteiger partial charge in [0.05, 0.1) is 0 Å². The van der Waals surface area contributed by atoms with E-state index in [2.05, 4.69) is 0 Å². The maximum absolute atomic E-state index is 9.00. The third-order valence-corrected chi connectivity index (χ3v) is 16.8. The number of rotatable bonds is 6. The van der Waals surface area contributed by atoms with Crippen LogP contribution in [0.3, 0.4) is 0 Å². The van der Waals surface area contributed by atoms with Crippen LogP contribution in [0.1, 0.15) is 103 Å². The number of hydrogen-bond donors (Lipinski definition) is 1. The van der Waals surface area contributed by atoms with Gasteiger partial charge in [-0.25, -0.2) is 0 Å². The molecule has 3 heteroatoms. The second kappa shape index (κ2) is 13.4. The van der Waals surface area contributed by atoms with Gasteiger partial charge in [-0.3, -0.25) is 4.79 Å². The number of carboxylic acid groups (broad SMARTS) is 1. The Morgan fingerprint density at radius 1 is 0.654 bits per heavy atom. The van der Waals surface area contributed by atoms with Crippen molar-refractivity contribution in [3.8, 4) is 0 Å². The summed E-state index contributed by atoms with van der Waals surface area (Å²) in [5, 5.41) is 7.42. The number of carbonyl (C=O) groups is 1. The van der Waals surface area contributed by atoms with Crippen molar-refractivity contribution in [2.24, 2.45) is 17.8 Å². The summed E-state index contributed by atoms with van der Waals surface area (Å²) in [5.74, 6) is 2.74. The van der Waals surface area contributed by atoms with Crippen molar-refractivity contribution in [3.63, 3.8) is 0 Å². The molecule has 0 atom stereocenters.